The highest BCUT2D eigenvalue weighted by Crippen LogP contribution is 2.13. The number of carboxylic acids is 2. The molecule has 0 aliphatic carbocycles. The molecule has 1 amide bonds. The molecule has 1 rings (SSSR count). The number of anilines is 1. The van der Waals surface area contributed by atoms with Gasteiger partial charge in [0, 0.05) is 18.5 Å². The highest BCUT2D eigenvalue weighted by molar-refractivity contribution is 6.02. The van der Waals surface area contributed by atoms with Crippen LogP contribution in [0, 0.1) is 0 Å². The zero-order chi connectivity index (χ0) is 16.5. The van der Waals surface area contributed by atoms with Gasteiger partial charge in [0.1, 0.15) is 0 Å². The van der Waals surface area contributed by atoms with Crippen molar-refractivity contribution in [2.75, 3.05) is 5.32 Å². The molecule has 0 fully saturated rings. The Morgan fingerprint density at radius 1 is 0.909 bits per heavy atom. The van der Waals surface area contributed by atoms with E-state index in [1.54, 1.807) is 24.3 Å². The van der Waals surface area contributed by atoms with Gasteiger partial charge in [0.05, 0.1) is 18.6 Å². The molecule has 0 aromatic heterocycles. The highest BCUT2D eigenvalue weighted by Gasteiger charge is 2.09. The van der Waals surface area contributed by atoms with E-state index < -0.39 is 17.8 Å². The minimum Gasteiger partial charge on any atom is -0.481 e. The zero-order valence-corrected chi connectivity index (χ0v) is 11.7. The monoisotopic (exact) mass is 308 g/mol. The summed E-state index contributed by atoms with van der Waals surface area (Å²) < 4.78 is 0. The molecule has 118 valence electrons. The maximum atomic E-state index is 11.5. The summed E-state index contributed by atoms with van der Waals surface area (Å²) in [5.74, 6) is -2.46. The van der Waals surface area contributed by atoms with Crippen molar-refractivity contribution in [3.63, 3.8) is 0 Å². The Kier molecular flexibility index (Phi) is 6.55. The number of carboxylic acid groups (broad SMARTS) is 2. The molecule has 1 aromatic carbocycles. The summed E-state index contributed by atoms with van der Waals surface area (Å²) in [5, 5.41) is 31.6. The minimum absolute atomic E-state index is 0.0795. The lowest BCUT2D eigenvalue weighted by molar-refractivity contribution is -0.138. The smallest absolute Gasteiger partial charge is 0.303 e. The summed E-state index contributed by atoms with van der Waals surface area (Å²) in [5.41, 5.74) is 1.23. The predicted octanol–water partition coefficient (Wildman–Crippen LogP) is 1.53. The SMILES string of the molecule is O=C(O)CCC(=O)Nc1ccc(C(CCC(=O)O)=NO)cc1. The molecule has 0 spiro atoms. The van der Waals surface area contributed by atoms with Crippen molar-refractivity contribution in [1.29, 1.82) is 0 Å². The number of hydrogen-bond donors (Lipinski definition) is 4. The number of nitrogens with zero attached hydrogens (tertiary/aromatic N) is 1. The van der Waals surface area contributed by atoms with Gasteiger partial charge in [-0.15, -0.1) is 0 Å². The Hall–Kier alpha value is -2.90. The number of carbonyl (C=O) groups excluding carboxylic acids is 1. The molecule has 0 aliphatic rings. The van der Waals surface area contributed by atoms with E-state index >= 15 is 0 Å². The van der Waals surface area contributed by atoms with Crippen LogP contribution >= 0.6 is 0 Å². The van der Waals surface area contributed by atoms with Crippen LogP contribution in [0.5, 0.6) is 0 Å². The summed E-state index contributed by atoms with van der Waals surface area (Å²) in [6.07, 6.45) is -0.456. The fourth-order valence-corrected chi connectivity index (χ4v) is 1.67. The molecule has 22 heavy (non-hydrogen) atoms. The molecule has 0 heterocycles. The molecule has 0 aliphatic heterocycles. The number of rotatable bonds is 8. The lowest BCUT2D eigenvalue weighted by Crippen LogP contribution is -2.13. The second-order valence-electron chi connectivity index (χ2n) is 4.46. The van der Waals surface area contributed by atoms with Crippen LogP contribution in [0.2, 0.25) is 0 Å². The minimum atomic E-state index is -1.05. The topological polar surface area (TPSA) is 136 Å². The molecular weight excluding hydrogens is 292 g/mol. The van der Waals surface area contributed by atoms with Crippen molar-refractivity contribution in [3.8, 4) is 0 Å². The van der Waals surface area contributed by atoms with Crippen LogP contribution in [0.15, 0.2) is 29.4 Å². The van der Waals surface area contributed by atoms with E-state index in [9.17, 15) is 14.4 Å². The van der Waals surface area contributed by atoms with Gasteiger partial charge >= 0.3 is 11.9 Å². The van der Waals surface area contributed by atoms with Gasteiger partial charge in [0.2, 0.25) is 5.91 Å². The van der Waals surface area contributed by atoms with Crippen molar-refractivity contribution in [1.82, 2.24) is 0 Å². The molecule has 0 bridgehead atoms. The number of benzene rings is 1. The number of amides is 1. The predicted molar refractivity (Wildman–Crippen MR) is 77.1 cm³/mol. The average molecular weight is 308 g/mol. The molecular formula is C14H16N2O6. The third kappa shape index (κ3) is 6.04. The molecule has 0 atom stereocenters. The van der Waals surface area contributed by atoms with Crippen molar-refractivity contribution < 1.29 is 29.8 Å². The van der Waals surface area contributed by atoms with Crippen molar-refractivity contribution in [3.05, 3.63) is 29.8 Å². The number of oxime groups is 1. The molecule has 8 heteroatoms. The van der Waals surface area contributed by atoms with E-state index in [1.807, 2.05) is 0 Å². The Bertz CT molecular complexity index is 580. The molecule has 4 N–H and O–H groups in total. The summed E-state index contributed by atoms with van der Waals surface area (Å²) in [4.78, 5) is 32.3. The first kappa shape index (κ1) is 17.2. The molecule has 0 unspecified atom stereocenters. The van der Waals surface area contributed by atoms with Crippen molar-refractivity contribution >= 4 is 29.2 Å². The maximum absolute atomic E-state index is 11.5. The van der Waals surface area contributed by atoms with E-state index in [1.165, 1.54) is 0 Å². The largest absolute Gasteiger partial charge is 0.481 e. The maximum Gasteiger partial charge on any atom is 0.303 e. The quantitative estimate of drug-likeness (QED) is 0.326. The Labute approximate surface area is 126 Å². The first-order valence-electron chi connectivity index (χ1n) is 6.47. The van der Waals surface area contributed by atoms with Crippen LogP contribution < -0.4 is 5.32 Å². The fourth-order valence-electron chi connectivity index (χ4n) is 1.67. The Morgan fingerprint density at radius 3 is 1.95 bits per heavy atom. The van der Waals surface area contributed by atoms with Gasteiger partial charge in [0.25, 0.3) is 0 Å². The van der Waals surface area contributed by atoms with Crippen LogP contribution in [0.4, 0.5) is 5.69 Å². The second kappa shape index (κ2) is 8.40. The number of aliphatic carboxylic acids is 2. The van der Waals surface area contributed by atoms with Crippen LogP contribution in [0.1, 0.15) is 31.2 Å². The summed E-state index contributed by atoms with van der Waals surface area (Å²) >= 11 is 0. The first-order chi connectivity index (χ1) is 10.4. The third-order valence-corrected chi connectivity index (χ3v) is 2.76. The van der Waals surface area contributed by atoms with E-state index in [0.717, 1.165) is 0 Å². The van der Waals surface area contributed by atoms with Crippen molar-refractivity contribution in [2.24, 2.45) is 5.16 Å². The van der Waals surface area contributed by atoms with Gasteiger partial charge in [-0.3, -0.25) is 14.4 Å². The van der Waals surface area contributed by atoms with Gasteiger partial charge in [-0.2, -0.15) is 0 Å². The van der Waals surface area contributed by atoms with Crippen molar-refractivity contribution in [2.45, 2.75) is 25.7 Å². The Balaban J connectivity index is 2.63. The molecule has 0 radical (unpaired) electrons. The molecule has 0 saturated heterocycles. The Morgan fingerprint density at radius 2 is 1.45 bits per heavy atom. The average Bonchev–Trinajstić information content (AvgIpc) is 2.47. The normalized spacial score (nSPS) is 11.0. The van der Waals surface area contributed by atoms with Gasteiger partial charge in [0.15, 0.2) is 0 Å². The molecule has 0 saturated carbocycles. The van der Waals surface area contributed by atoms with Crippen LogP contribution in [-0.2, 0) is 14.4 Å². The van der Waals surface area contributed by atoms with E-state index in [0.29, 0.717) is 11.3 Å². The number of nitrogens with one attached hydrogen (secondary N) is 1. The fraction of sp³-hybridized carbons (Fsp3) is 0.286. The van der Waals surface area contributed by atoms with Gasteiger partial charge in [-0.05, 0) is 17.7 Å². The zero-order valence-electron chi connectivity index (χ0n) is 11.7. The van der Waals surface area contributed by atoms with Crippen LogP contribution in [0.3, 0.4) is 0 Å². The molecule has 1 aromatic rings. The number of hydrogen-bond acceptors (Lipinski definition) is 5. The van der Waals surface area contributed by atoms with E-state index in [2.05, 4.69) is 10.5 Å². The van der Waals surface area contributed by atoms with Gasteiger partial charge in [-0.1, -0.05) is 17.3 Å². The lowest BCUT2D eigenvalue weighted by Gasteiger charge is -2.07. The lowest BCUT2D eigenvalue weighted by atomic mass is 10.1. The second-order valence-corrected chi connectivity index (χ2v) is 4.46. The number of carbonyl (C=O) groups is 3. The first-order valence-corrected chi connectivity index (χ1v) is 6.47. The molecule has 8 nitrogen and oxygen atoms in total. The third-order valence-electron chi connectivity index (χ3n) is 2.76. The van der Waals surface area contributed by atoms with Gasteiger partial charge < -0.3 is 20.7 Å². The van der Waals surface area contributed by atoms with Crippen LogP contribution in [-0.4, -0.2) is 39.0 Å². The highest BCUT2D eigenvalue weighted by atomic mass is 16.4. The summed E-state index contributed by atoms with van der Waals surface area (Å²) in [6, 6.07) is 6.26. The summed E-state index contributed by atoms with van der Waals surface area (Å²) in [7, 11) is 0. The van der Waals surface area contributed by atoms with E-state index in [4.69, 9.17) is 15.4 Å². The van der Waals surface area contributed by atoms with Crippen LogP contribution in [0.25, 0.3) is 0 Å². The summed E-state index contributed by atoms with van der Waals surface area (Å²) in [6.45, 7) is 0. The van der Waals surface area contributed by atoms with E-state index in [-0.39, 0.29) is 31.4 Å². The standard InChI is InChI=1S/C14H16N2O6/c17-12(6-8-14(20)21)15-10-3-1-9(2-4-10)11(16-22)5-7-13(18)19/h1-4,22H,5-8H2,(H,15,17)(H,18,19)(H,20,21). The van der Waals surface area contributed by atoms with Gasteiger partial charge in [-0.25, -0.2) is 0 Å².